The molecule has 1 saturated heterocycles. The number of nitrogens with zero attached hydrogens (tertiary/aromatic N) is 3. The van der Waals surface area contributed by atoms with Gasteiger partial charge >= 0.3 is 6.18 Å². The fraction of sp³-hybridized carbons (Fsp3) is 0.435. The number of aryl methyl sites for hydroxylation is 1. The number of pyridine rings is 1. The molecular formula is C23H26F3N5O2. The van der Waals surface area contributed by atoms with Crippen LogP contribution in [0.2, 0.25) is 0 Å². The highest BCUT2D eigenvalue weighted by molar-refractivity contribution is 6.06. The number of nitrogens with one attached hydrogen (secondary N) is 2. The predicted octanol–water partition coefficient (Wildman–Crippen LogP) is 4.03. The molecule has 1 aliphatic rings. The number of carbonyl (C=O) groups excluding carboxylic acids is 1. The maximum Gasteiger partial charge on any atom is 0.416 e. The third-order valence-electron chi connectivity index (χ3n) is 5.73. The fourth-order valence-corrected chi connectivity index (χ4v) is 3.95. The summed E-state index contributed by atoms with van der Waals surface area (Å²) < 4.78 is 46.0. The first-order valence-corrected chi connectivity index (χ1v) is 11.0. The minimum atomic E-state index is -4.39. The second kappa shape index (κ2) is 9.78. The van der Waals surface area contributed by atoms with Crippen molar-refractivity contribution in [3.63, 3.8) is 0 Å². The molecule has 0 radical (unpaired) electrons. The molecule has 0 atom stereocenters. The number of rotatable bonds is 7. The third kappa shape index (κ3) is 5.27. The Morgan fingerprint density at radius 2 is 2.03 bits per heavy atom. The number of alkyl halides is 3. The lowest BCUT2D eigenvalue weighted by atomic mass is 10.1. The van der Waals surface area contributed by atoms with Gasteiger partial charge in [-0.15, -0.1) is 0 Å². The summed E-state index contributed by atoms with van der Waals surface area (Å²) in [6, 6.07) is 5.29. The average Bonchev–Trinajstić information content (AvgIpc) is 3.23. The van der Waals surface area contributed by atoms with Gasteiger partial charge in [0.2, 0.25) is 0 Å². The summed E-state index contributed by atoms with van der Waals surface area (Å²) in [6.45, 7) is 4.12. The van der Waals surface area contributed by atoms with Crippen molar-refractivity contribution in [2.24, 2.45) is 0 Å². The minimum Gasteiger partial charge on any atom is -0.381 e. The van der Waals surface area contributed by atoms with E-state index in [2.05, 4.69) is 20.7 Å². The van der Waals surface area contributed by atoms with Gasteiger partial charge in [0.1, 0.15) is 0 Å². The summed E-state index contributed by atoms with van der Waals surface area (Å²) >= 11 is 0. The molecule has 0 aliphatic carbocycles. The summed E-state index contributed by atoms with van der Waals surface area (Å²) in [6.07, 6.45) is 0.755. The summed E-state index contributed by atoms with van der Waals surface area (Å²) in [7, 11) is 0. The normalized spacial score (nSPS) is 15.0. The van der Waals surface area contributed by atoms with Crippen LogP contribution in [0.25, 0.3) is 11.0 Å². The van der Waals surface area contributed by atoms with Gasteiger partial charge in [-0.25, -0.2) is 9.67 Å². The zero-order valence-electron chi connectivity index (χ0n) is 18.3. The van der Waals surface area contributed by atoms with Crippen LogP contribution in [-0.2, 0) is 23.9 Å². The molecule has 2 aromatic heterocycles. The van der Waals surface area contributed by atoms with Gasteiger partial charge in [0, 0.05) is 38.5 Å². The molecule has 4 rings (SSSR count). The van der Waals surface area contributed by atoms with Crippen LogP contribution < -0.4 is 10.6 Å². The lowest BCUT2D eigenvalue weighted by Gasteiger charge is -2.25. The molecule has 1 fully saturated rings. The average molecular weight is 461 g/mol. The molecule has 3 heterocycles. The first-order chi connectivity index (χ1) is 15.9. The van der Waals surface area contributed by atoms with E-state index in [-0.39, 0.29) is 24.9 Å². The molecule has 10 heteroatoms. The zero-order chi connectivity index (χ0) is 23.4. The van der Waals surface area contributed by atoms with Gasteiger partial charge in [-0.1, -0.05) is 18.2 Å². The number of halogens is 3. The molecule has 1 aromatic carbocycles. The molecule has 0 bridgehead atoms. The van der Waals surface area contributed by atoms with Crippen molar-refractivity contribution in [2.45, 2.75) is 44.9 Å². The van der Waals surface area contributed by atoms with Crippen molar-refractivity contribution in [3.05, 3.63) is 53.3 Å². The molecule has 1 amide bonds. The Kier molecular flexibility index (Phi) is 6.83. The summed E-state index contributed by atoms with van der Waals surface area (Å²) in [5.41, 5.74) is 1.55. The Bertz CT molecular complexity index is 1120. The van der Waals surface area contributed by atoms with E-state index < -0.39 is 11.7 Å². The highest BCUT2D eigenvalue weighted by Crippen LogP contribution is 2.30. The van der Waals surface area contributed by atoms with Crippen molar-refractivity contribution < 1.29 is 22.7 Å². The Labute approximate surface area is 189 Å². The van der Waals surface area contributed by atoms with Crippen LogP contribution in [0.15, 0.2) is 36.7 Å². The number of carbonyl (C=O) groups is 1. The van der Waals surface area contributed by atoms with Crippen LogP contribution in [0, 0.1) is 0 Å². The SMILES string of the molecule is CCn1ncc2c(NC3CCOCC3)c(C(=O)NCCc3cccc(C(F)(F)F)c3)cnc21. The quantitative estimate of drug-likeness (QED) is 0.555. The van der Waals surface area contributed by atoms with E-state index in [0.717, 1.165) is 30.4 Å². The van der Waals surface area contributed by atoms with Gasteiger partial charge in [0.15, 0.2) is 5.65 Å². The molecule has 33 heavy (non-hydrogen) atoms. The smallest absolute Gasteiger partial charge is 0.381 e. The van der Waals surface area contributed by atoms with Crippen LogP contribution in [0.3, 0.4) is 0 Å². The van der Waals surface area contributed by atoms with E-state index in [1.54, 1.807) is 16.9 Å². The first-order valence-electron chi connectivity index (χ1n) is 11.0. The first kappa shape index (κ1) is 23.0. The van der Waals surface area contributed by atoms with E-state index in [1.165, 1.54) is 12.3 Å². The van der Waals surface area contributed by atoms with Crippen LogP contribution in [0.4, 0.5) is 18.9 Å². The number of anilines is 1. The van der Waals surface area contributed by atoms with Gasteiger partial charge in [0.05, 0.1) is 28.4 Å². The molecule has 3 aromatic rings. The van der Waals surface area contributed by atoms with E-state index in [9.17, 15) is 18.0 Å². The number of fused-ring (bicyclic) bond motifs is 1. The van der Waals surface area contributed by atoms with Gasteiger partial charge in [-0.05, 0) is 37.8 Å². The van der Waals surface area contributed by atoms with Crippen molar-refractivity contribution >= 4 is 22.6 Å². The van der Waals surface area contributed by atoms with Crippen molar-refractivity contribution in [1.82, 2.24) is 20.1 Å². The molecule has 0 spiro atoms. The van der Waals surface area contributed by atoms with E-state index in [1.807, 2.05) is 6.92 Å². The van der Waals surface area contributed by atoms with Gasteiger partial charge in [0.25, 0.3) is 5.91 Å². The van der Waals surface area contributed by atoms with Crippen molar-refractivity contribution in [2.75, 3.05) is 25.1 Å². The van der Waals surface area contributed by atoms with E-state index in [4.69, 9.17) is 4.74 Å². The Morgan fingerprint density at radius 1 is 1.24 bits per heavy atom. The number of amides is 1. The number of hydrogen-bond donors (Lipinski definition) is 2. The maximum atomic E-state index is 13.0. The number of ether oxygens (including phenoxy) is 1. The Morgan fingerprint density at radius 3 is 2.76 bits per heavy atom. The van der Waals surface area contributed by atoms with Crippen LogP contribution >= 0.6 is 0 Å². The minimum absolute atomic E-state index is 0.158. The van der Waals surface area contributed by atoms with E-state index >= 15 is 0 Å². The van der Waals surface area contributed by atoms with Gasteiger partial charge < -0.3 is 15.4 Å². The fourth-order valence-electron chi connectivity index (χ4n) is 3.95. The van der Waals surface area contributed by atoms with Gasteiger partial charge in [-0.2, -0.15) is 18.3 Å². The standard InChI is InChI=1S/C23H26F3N5O2/c1-2-31-21-18(14-29-31)20(30-17-7-10-33-11-8-17)19(13-28-21)22(32)27-9-6-15-4-3-5-16(12-15)23(24,25)26/h3-5,12-14,17H,2,6-11H2,1H3,(H,27,32)(H,28,30). The Hall–Kier alpha value is -3.14. The molecule has 0 unspecified atom stereocenters. The summed E-state index contributed by atoms with van der Waals surface area (Å²) in [5.74, 6) is -0.338. The topological polar surface area (TPSA) is 81.1 Å². The van der Waals surface area contributed by atoms with Crippen LogP contribution in [0.1, 0.15) is 41.3 Å². The number of benzene rings is 1. The molecule has 7 nitrogen and oxygen atoms in total. The number of aromatic nitrogens is 3. The maximum absolute atomic E-state index is 13.0. The predicted molar refractivity (Wildman–Crippen MR) is 118 cm³/mol. The largest absolute Gasteiger partial charge is 0.416 e. The molecule has 176 valence electrons. The zero-order valence-corrected chi connectivity index (χ0v) is 18.3. The molecular weight excluding hydrogens is 435 g/mol. The van der Waals surface area contributed by atoms with Gasteiger partial charge in [-0.3, -0.25) is 4.79 Å². The van der Waals surface area contributed by atoms with Crippen LogP contribution in [-0.4, -0.2) is 46.5 Å². The summed E-state index contributed by atoms with van der Waals surface area (Å²) in [4.78, 5) is 17.5. The Balaban J connectivity index is 1.51. The third-order valence-corrected chi connectivity index (χ3v) is 5.73. The van der Waals surface area contributed by atoms with Crippen LogP contribution in [0.5, 0.6) is 0 Å². The van der Waals surface area contributed by atoms with Crippen molar-refractivity contribution in [1.29, 1.82) is 0 Å². The lowest BCUT2D eigenvalue weighted by Crippen LogP contribution is -2.31. The summed E-state index contributed by atoms with van der Waals surface area (Å²) in [5, 5.41) is 11.4. The molecule has 0 saturated carbocycles. The molecule has 1 aliphatic heterocycles. The highest BCUT2D eigenvalue weighted by Gasteiger charge is 2.30. The second-order valence-electron chi connectivity index (χ2n) is 7.98. The number of hydrogen-bond acceptors (Lipinski definition) is 5. The second-order valence-corrected chi connectivity index (χ2v) is 7.98. The monoisotopic (exact) mass is 461 g/mol. The highest BCUT2D eigenvalue weighted by atomic mass is 19.4. The lowest BCUT2D eigenvalue weighted by molar-refractivity contribution is -0.137. The molecule has 2 N–H and O–H groups in total. The van der Waals surface area contributed by atoms with E-state index in [0.29, 0.717) is 42.2 Å². The van der Waals surface area contributed by atoms with Crippen molar-refractivity contribution in [3.8, 4) is 0 Å².